The Hall–Kier alpha value is -0.220. The summed E-state index contributed by atoms with van der Waals surface area (Å²) >= 11 is 6.39. The lowest BCUT2D eigenvalue weighted by molar-refractivity contribution is 0.115. The lowest BCUT2D eigenvalue weighted by atomic mass is 10.3. The van der Waals surface area contributed by atoms with Crippen LogP contribution < -0.4 is 9.47 Å². The van der Waals surface area contributed by atoms with Gasteiger partial charge in [-0.2, -0.15) is 0 Å². The van der Waals surface area contributed by atoms with Crippen molar-refractivity contribution in [2.24, 2.45) is 0 Å². The van der Waals surface area contributed by atoms with Crippen molar-refractivity contribution in [3.63, 3.8) is 0 Å². The third kappa shape index (κ3) is 1.37. The fourth-order valence-electron chi connectivity index (χ4n) is 0.896. The van der Waals surface area contributed by atoms with E-state index in [1.54, 1.807) is 0 Å². The molecule has 58 valence electrons. The Labute approximate surface area is 80.8 Å². The van der Waals surface area contributed by atoms with Crippen molar-refractivity contribution in [1.82, 2.24) is 0 Å². The minimum absolute atomic E-state index is 0.737. The molecule has 0 amide bonds. The van der Waals surface area contributed by atoms with E-state index in [0.29, 0.717) is 0 Å². The number of halogens is 2. The molecule has 0 saturated carbocycles. The average molecular weight is 280 g/mol. The normalized spacial score (nSPS) is 18.4. The molecule has 0 spiro atoms. The summed E-state index contributed by atoms with van der Waals surface area (Å²) in [5.41, 5.74) is 0. The van der Waals surface area contributed by atoms with Gasteiger partial charge in [0.05, 0.1) is 0 Å². The average Bonchev–Trinajstić information content (AvgIpc) is 2.21. The maximum absolute atomic E-state index is 5.31. The highest BCUT2D eigenvalue weighted by Gasteiger charge is 2.35. The van der Waals surface area contributed by atoms with E-state index < -0.39 is 3.61 Å². The Morgan fingerprint density at radius 2 is 1.45 bits per heavy atom. The molecule has 0 N–H and O–H groups in total. The molecule has 0 radical (unpaired) electrons. The number of ether oxygens (including phenoxy) is 2. The van der Waals surface area contributed by atoms with Crippen LogP contribution in [0.3, 0.4) is 0 Å². The summed E-state index contributed by atoms with van der Waals surface area (Å²) in [5.74, 6) is 1.47. The molecule has 0 aliphatic carbocycles. The fourth-order valence-corrected chi connectivity index (χ4v) is 1.59. The van der Waals surface area contributed by atoms with Crippen molar-refractivity contribution in [2.75, 3.05) is 0 Å². The molecule has 0 bridgehead atoms. The van der Waals surface area contributed by atoms with Gasteiger partial charge in [0.25, 0.3) is 0 Å². The Kier molecular flexibility index (Phi) is 1.61. The Morgan fingerprint density at radius 1 is 1.00 bits per heavy atom. The van der Waals surface area contributed by atoms with Gasteiger partial charge < -0.3 is 9.47 Å². The predicted molar refractivity (Wildman–Crippen MR) is 48.3 cm³/mol. The highest BCUT2D eigenvalue weighted by atomic mass is 79.9. The highest BCUT2D eigenvalue weighted by Crippen LogP contribution is 2.44. The molecule has 2 rings (SSSR count). The summed E-state index contributed by atoms with van der Waals surface area (Å²) in [4.78, 5) is 0. The first-order valence-corrected chi connectivity index (χ1v) is 4.61. The summed E-state index contributed by atoms with van der Waals surface area (Å²) < 4.78 is 9.74. The molecule has 4 heteroatoms. The topological polar surface area (TPSA) is 18.5 Å². The quantitative estimate of drug-likeness (QED) is 0.680. The number of alkyl halides is 2. The zero-order valence-electron chi connectivity index (χ0n) is 5.38. The molecule has 0 unspecified atom stereocenters. The molecule has 1 aliphatic rings. The molecular formula is C7H4Br2O2. The van der Waals surface area contributed by atoms with E-state index in [-0.39, 0.29) is 0 Å². The molecule has 0 fully saturated rings. The SMILES string of the molecule is BrC1(Br)Oc2ccccc2O1. The maximum atomic E-state index is 5.31. The zero-order valence-corrected chi connectivity index (χ0v) is 8.55. The van der Waals surface area contributed by atoms with Crippen molar-refractivity contribution < 1.29 is 9.47 Å². The molecular weight excluding hydrogens is 276 g/mol. The highest BCUT2D eigenvalue weighted by molar-refractivity contribution is 9.25. The molecule has 1 aliphatic heterocycles. The number of rotatable bonds is 0. The lowest BCUT2D eigenvalue weighted by Gasteiger charge is -2.10. The van der Waals surface area contributed by atoms with E-state index in [2.05, 4.69) is 31.9 Å². The Bertz CT molecular complexity index is 259. The molecule has 1 aromatic carbocycles. The first-order valence-electron chi connectivity index (χ1n) is 3.02. The van der Waals surface area contributed by atoms with Crippen LogP contribution in [0.1, 0.15) is 0 Å². The molecule has 0 atom stereocenters. The molecule has 1 heterocycles. The maximum Gasteiger partial charge on any atom is 0.368 e. The van der Waals surface area contributed by atoms with Crippen LogP contribution in [-0.2, 0) is 0 Å². The van der Waals surface area contributed by atoms with Gasteiger partial charge in [0, 0.05) is 31.9 Å². The van der Waals surface area contributed by atoms with Gasteiger partial charge in [0.2, 0.25) is 0 Å². The smallest absolute Gasteiger partial charge is 0.368 e. The van der Waals surface area contributed by atoms with Gasteiger partial charge in [-0.1, -0.05) is 12.1 Å². The van der Waals surface area contributed by atoms with Crippen molar-refractivity contribution in [3.8, 4) is 11.5 Å². The van der Waals surface area contributed by atoms with Crippen LogP contribution in [0.25, 0.3) is 0 Å². The zero-order chi connectivity index (χ0) is 7.90. The minimum Gasteiger partial charge on any atom is -0.431 e. The number of hydrogen-bond acceptors (Lipinski definition) is 2. The Balaban J connectivity index is 2.41. The van der Waals surface area contributed by atoms with Gasteiger partial charge in [-0.3, -0.25) is 0 Å². The Morgan fingerprint density at radius 3 is 1.91 bits per heavy atom. The van der Waals surface area contributed by atoms with Crippen LogP contribution in [0.2, 0.25) is 0 Å². The predicted octanol–water partition coefficient (Wildman–Crippen LogP) is 2.86. The first kappa shape index (κ1) is 7.43. The number of hydrogen-bond donors (Lipinski definition) is 0. The molecule has 0 saturated heterocycles. The third-order valence-corrected chi connectivity index (χ3v) is 1.95. The van der Waals surface area contributed by atoms with Gasteiger partial charge in [-0.15, -0.1) is 0 Å². The van der Waals surface area contributed by atoms with Crippen LogP contribution in [0.15, 0.2) is 24.3 Å². The third-order valence-electron chi connectivity index (χ3n) is 1.31. The van der Waals surface area contributed by atoms with Gasteiger partial charge in [-0.05, 0) is 12.1 Å². The van der Waals surface area contributed by atoms with Crippen LogP contribution in [-0.4, -0.2) is 3.61 Å². The van der Waals surface area contributed by atoms with Gasteiger partial charge in [-0.25, -0.2) is 0 Å². The van der Waals surface area contributed by atoms with Crippen LogP contribution >= 0.6 is 31.9 Å². The van der Waals surface area contributed by atoms with E-state index in [0.717, 1.165) is 11.5 Å². The molecule has 2 nitrogen and oxygen atoms in total. The first-order chi connectivity index (χ1) is 5.17. The monoisotopic (exact) mass is 278 g/mol. The van der Waals surface area contributed by atoms with Crippen LogP contribution in [0, 0.1) is 0 Å². The van der Waals surface area contributed by atoms with E-state index in [1.165, 1.54) is 0 Å². The van der Waals surface area contributed by atoms with E-state index in [4.69, 9.17) is 9.47 Å². The van der Waals surface area contributed by atoms with Crippen LogP contribution in [0.5, 0.6) is 11.5 Å². The second-order valence-corrected chi connectivity index (χ2v) is 5.27. The van der Waals surface area contributed by atoms with Crippen molar-refractivity contribution in [1.29, 1.82) is 0 Å². The second kappa shape index (κ2) is 2.38. The van der Waals surface area contributed by atoms with E-state index in [9.17, 15) is 0 Å². The molecule has 1 aromatic rings. The van der Waals surface area contributed by atoms with Crippen molar-refractivity contribution >= 4 is 31.9 Å². The summed E-state index contributed by atoms with van der Waals surface area (Å²) in [6.45, 7) is 0. The van der Waals surface area contributed by atoms with E-state index in [1.807, 2.05) is 24.3 Å². The largest absolute Gasteiger partial charge is 0.431 e. The van der Waals surface area contributed by atoms with E-state index >= 15 is 0 Å². The number of para-hydroxylation sites is 2. The fraction of sp³-hybridized carbons (Fsp3) is 0.143. The summed E-state index contributed by atoms with van der Waals surface area (Å²) in [6, 6.07) is 7.48. The molecule has 0 aromatic heterocycles. The number of fused-ring (bicyclic) bond motifs is 1. The number of benzene rings is 1. The summed E-state index contributed by atoms with van der Waals surface area (Å²) in [6.07, 6.45) is 0. The van der Waals surface area contributed by atoms with Gasteiger partial charge in [0.1, 0.15) is 0 Å². The lowest BCUT2D eigenvalue weighted by Crippen LogP contribution is -2.21. The van der Waals surface area contributed by atoms with Crippen molar-refractivity contribution in [2.45, 2.75) is 3.61 Å². The van der Waals surface area contributed by atoms with Crippen LogP contribution in [0.4, 0.5) is 0 Å². The van der Waals surface area contributed by atoms with Crippen molar-refractivity contribution in [3.05, 3.63) is 24.3 Å². The summed E-state index contributed by atoms with van der Waals surface area (Å²) in [7, 11) is 0. The standard InChI is InChI=1S/C7H4Br2O2/c8-7(9)10-5-3-1-2-4-6(5)11-7/h1-4H. The molecule has 11 heavy (non-hydrogen) atoms. The van der Waals surface area contributed by atoms with Gasteiger partial charge in [0.15, 0.2) is 11.5 Å². The minimum atomic E-state index is -0.871. The summed E-state index contributed by atoms with van der Waals surface area (Å²) in [5, 5.41) is 0. The second-order valence-electron chi connectivity index (χ2n) is 2.11. The van der Waals surface area contributed by atoms with Gasteiger partial charge >= 0.3 is 3.61 Å².